The molecule has 0 radical (unpaired) electrons. The first-order valence-electron chi connectivity index (χ1n) is 5.90. The van der Waals surface area contributed by atoms with Crippen molar-refractivity contribution in [3.63, 3.8) is 0 Å². The molecule has 1 aliphatic heterocycles. The van der Waals surface area contributed by atoms with Gasteiger partial charge in [-0.15, -0.1) is 0 Å². The molecule has 0 saturated carbocycles. The molecule has 0 aromatic carbocycles. The Morgan fingerprint density at radius 1 is 1.47 bits per heavy atom. The molecule has 6 heteroatoms. The summed E-state index contributed by atoms with van der Waals surface area (Å²) < 4.78 is 5.26. The van der Waals surface area contributed by atoms with E-state index in [4.69, 9.17) is 27.8 Å². The highest BCUT2D eigenvalue weighted by Gasteiger charge is 2.36. The maximum atomic E-state index is 8.60. The molecule has 3 N–H and O–H groups in total. The van der Waals surface area contributed by atoms with Crippen molar-refractivity contribution in [1.82, 2.24) is 4.90 Å². The van der Waals surface area contributed by atoms with E-state index in [0.717, 1.165) is 32.5 Å². The quantitative estimate of drug-likeness (QED) is 0.522. The molecular weight excluding hydrogens is 256 g/mol. The van der Waals surface area contributed by atoms with Crippen molar-refractivity contribution in [2.45, 2.75) is 17.6 Å². The normalized spacial score (nSPS) is 20.4. The van der Waals surface area contributed by atoms with Crippen LogP contribution in [0.15, 0.2) is 0 Å². The maximum absolute atomic E-state index is 8.60. The topological polar surface area (TPSA) is 58.7 Å². The Balaban J connectivity index is 2.27. The van der Waals surface area contributed by atoms with Gasteiger partial charge in [0.25, 0.3) is 0 Å². The third-order valence-electron chi connectivity index (χ3n) is 3.29. The van der Waals surface area contributed by atoms with Gasteiger partial charge in [0.15, 0.2) is 0 Å². The minimum absolute atomic E-state index is 0.00219. The molecule has 0 spiro atoms. The highest BCUT2D eigenvalue weighted by atomic mass is 32.2. The van der Waals surface area contributed by atoms with Crippen LogP contribution in [0.4, 0.5) is 0 Å². The zero-order valence-electron chi connectivity index (χ0n) is 10.4. The molecule has 100 valence electrons. The van der Waals surface area contributed by atoms with Crippen LogP contribution in [0.5, 0.6) is 0 Å². The molecule has 0 atom stereocenters. The number of aliphatic hydroxyl groups is 1. The lowest BCUT2D eigenvalue weighted by Crippen LogP contribution is -2.49. The van der Waals surface area contributed by atoms with E-state index >= 15 is 0 Å². The molecule has 1 fully saturated rings. The molecule has 0 unspecified atom stereocenters. The van der Waals surface area contributed by atoms with E-state index in [1.807, 2.05) is 0 Å². The first kappa shape index (κ1) is 15.2. The van der Waals surface area contributed by atoms with E-state index < -0.39 is 0 Å². The summed E-state index contributed by atoms with van der Waals surface area (Å²) in [5, 5.41) is 8.60. The predicted molar refractivity (Wildman–Crippen MR) is 76.6 cm³/mol. The van der Waals surface area contributed by atoms with Crippen LogP contribution in [0.1, 0.15) is 12.8 Å². The number of aliphatic hydroxyl groups excluding tert-OH is 1. The zero-order valence-corrected chi connectivity index (χ0v) is 12.0. The van der Waals surface area contributed by atoms with Crippen molar-refractivity contribution >= 4 is 29.0 Å². The molecular formula is C11H22N2O2S2. The fourth-order valence-electron chi connectivity index (χ4n) is 2.05. The summed E-state index contributed by atoms with van der Waals surface area (Å²) in [5.74, 6) is 0. The minimum atomic E-state index is -0.00219. The second kappa shape index (κ2) is 7.53. The van der Waals surface area contributed by atoms with E-state index in [1.54, 1.807) is 11.8 Å². The van der Waals surface area contributed by atoms with Gasteiger partial charge in [-0.2, -0.15) is 11.8 Å². The predicted octanol–water partition coefficient (Wildman–Crippen LogP) is 0.479. The van der Waals surface area contributed by atoms with E-state index in [2.05, 4.69) is 11.2 Å². The van der Waals surface area contributed by atoms with Crippen LogP contribution in [0.2, 0.25) is 0 Å². The standard InChI is InChI=1S/C11H22N2O2S2/c1-17-11(10(12)16)2-4-13(5-3-11)6-8-15-9-7-14/h14H,2-9H2,1H3,(H2,12,16). The smallest absolute Gasteiger partial charge is 0.0891 e. The number of nitrogens with two attached hydrogens (primary N) is 1. The number of likely N-dealkylation sites (tertiary alicyclic amines) is 1. The highest BCUT2D eigenvalue weighted by molar-refractivity contribution is 8.01. The Morgan fingerprint density at radius 2 is 2.12 bits per heavy atom. The Labute approximate surface area is 113 Å². The van der Waals surface area contributed by atoms with Gasteiger partial charge >= 0.3 is 0 Å². The van der Waals surface area contributed by atoms with Crippen molar-refractivity contribution in [3.05, 3.63) is 0 Å². The van der Waals surface area contributed by atoms with Gasteiger partial charge in [-0.25, -0.2) is 0 Å². The first-order valence-corrected chi connectivity index (χ1v) is 7.54. The van der Waals surface area contributed by atoms with Gasteiger partial charge in [0.1, 0.15) is 0 Å². The highest BCUT2D eigenvalue weighted by Crippen LogP contribution is 2.34. The lowest BCUT2D eigenvalue weighted by molar-refractivity contribution is 0.0687. The number of hydrogen-bond acceptors (Lipinski definition) is 5. The van der Waals surface area contributed by atoms with Crippen LogP contribution in [-0.2, 0) is 4.74 Å². The number of nitrogens with zero attached hydrogens (tertiary/aromatic N) is 1. The fourth-order valence-corrected chi connectivity index (χ4v) is 3.30. The second-order valence-corrected chi connectivity index (χ2v) is 5.87. The molecule has 0 amide bonds. The molecule has 17 heavy (non-hydrogen) atoms. The number of thioether (sulfide) groups is 1. The third kappa shape index (κ3) is 4.37. The zero-order chi connectivity index (χ0) is 12.7. The first-order chi connectivity index (χ1) is 8.14. The Morgan fingerprint density at radius 3 is 2.59 bits per heavy atom. The van der Waals surface area contributed by atoms with Gasteiger partial charge < -0.3 is 20.5 Å². The van der Waals surface area contributed by atoms with E-state index in [1.165, 1.54) is 0 Å². The summed E-state index contributed by atoms with van der Waals surface area (Å²) in [5.41, 5.74) is 5.84. The fraction of sp³-hybridized carbons (Fsp3) is 0.909. The Kier molecular flexibility index (Phi) is 6.72. The average molecular weight is 278 g/mol. The summed E-state index contributed by atoms with van der Waals surface area (Å²) in [6.07, 6.45) is 4.12. The van der Waals surface area contributed by atoms with Gasteiger partial charge in [-0.1, -0.05) is 12.2 Å². The number of thiocarbonyl (C=S) groups is 1. The minimum Gasteiger partial charge on any atom is -0.394 e. The number of hydrogen-bond donors (Lipinski definition) is 2. The van der Waals surface area contributed by atoms with Crippen molar-refractivity contribution < 1.29 is 9.84 Å². The molecule has 0 aromatic heterocycles. The van der Waals surface area contributed by atoms with Crippen LogP contribution in [0.3, 0.4) is 0 Å². The second-order valence-electron chi connectivity index (χ2n) is 4.24. The Hall–Kier alpha value is 0.120. The lowest BCUT2D eigenvalue weighted by atomic mass is 9.95. The Bertz CT molecular complexity index is 244. The number of ether oxygens (including phenoxy) is 1. The molecule has 4 nitrogen and oxygen atoms in total. The summed E-state index contributed by atoms with van der Waals surface area (Å²) in [6, 6.07) is 0. The summed E-state index contributed by atoms with van der Waals surface area (Å²) in [4.78, 5) is 3.01. The lowest BCUT2D eigenvalue weighted by Gasteiger charge is -2.40. The molecule has 1 aliphatic rings. The molecule has 0 aromatic rings. The van der Waals surface area contributed by atoms with Crippen LogP contribution < -0.4 is 5.73 Å². The van der Waals surface area contributed by atoms with E-state index in [-0.39, 0.29) is 11.4 Å². The number of rotatable bonds is 7. The summed E-state index contributed by atoms with van der Waals surface area (Å²) >= 11 is 6.95. The monoisotopic (exact) mass is 278 g/mol. The van der Waals surface area contributed by atoms with Gasteiger partial charge in [0.2, 0.25) is 0 Å². The van der Waals surface area contributed by atoms with Crippen LogP contribution in [0.25, 0.3) is 0 Å². The number of piperidine rings is 1. The van der Waals surface area contributed by atoms with E-state index in [9.17, 15) is 0 Å². The van der Waals surface area contributed by atoms with Crippen molar-refractivity contribution in [2.75, 3.05) is 45.7 Å². The summed E-state index contributed by atoms with van der Waals surface area (Å²) in [7, 11) is 0. The van der Waals surface area contributed by atoms with Crippen molar-refractivity contribution in [1.29, 1.82) is 0 Å². The molecule has 1 rings (SSSR count). The van der Waals surface area contributed by atoms with Crippen LogP contribution in [0, 0.1) is 0 Å². The molecule has 1 heterocycles. The molecule has 0 aliphatic carbocycles. The van der Waals surface area contributed by atoms with Crippen molar-refractivity contribution in [2.24, 2.45) is 5.73 Å². The van der Waals surface area contributed by atoms with E-state index in [0.29, 0.717) is 18.2 Å². The average Bonchev–Trinajstić information content (AvgIpc) is 2.35. The third-order valence-corrected chi connectivity index (χ3v) is 5.22. The van der Waals surface area contributed by atoms with Crippen molar-refractivity contribution in [3.8, 4) is 0 Å². The van der Waals surface area contributed by atoms with Gasteiger partial charge in [-0.3, -0.25) is 0 Å². The summed E-state index contributed by atoms with van der Waals surface area (Å²) in [6.45, 7) is 4.15. The van der Waals surface area contributed by atoms with Gasteiger partial charge in [-0.05, 0) is 32.2 Å². The molecule has 1 saturated heterocycles. The van der Waals surface area contributed by atoms with Gasteiger partial charge in [0, 0.05) is 6.54 Å². The van der Waals surface area contributed by atoms with Crippen LogP contribution in [-0.4, -0.2) is 65.5 Å². The van der Waals surface area contributed by atoms with Crippen LogP contribution >= 0.6 is 24.0 Å². The SMILES string of the molecule is CSC1(C(N)=S)CCN(CCOCCO)CC1. The van der Waals surface area contributed by atoms with Gasteiger partial charge in [0.05, 0.1) is 29.6 Å². The largest absolute Gasteiger partial charge is 0.394 e. The molecule has 0 bridgehead atoms. The maximum Gasteiger partial charge on any atom is 0.0891 e.